The Labute approximate surface area is 215 Å². The van der Waals surface area contributed by atoms with Crippen molar-refractivity contribution in [1.29, 1.82) is 0 Å². The lowest BCUT2D eigenvalue weighted by Crippen LogP contribution is -2.33. The topological polar surface area (TPSA) is 88.9 Å². The number of ether oxygens (including phenoxy) is 1. The predicted molar refractivity (Wildman–Crippen MR) is 142 cm³/mol. The van der Waals surface area contributed by atoms with Crippen LogP contribution in [0.5, 0.6) is 0 Å². The number of thiophene rings is 1. The van der Waals surface area contributed by atoms with Gasteiger partial charge in [0.25, 0.3) is 5.56 Å². The molecule has 36 heavy (non-hydrogen) atoms. The number of hydrogen-bond donors (Lipinski definition) is 1. The Morgan fingerprint density at radius 1 is 1.25 bits per heavy atom. The molecule has 1 aliphatic heterocycles. The Balaban J connectivity index is 1.52. The molecule has 8 nitrogen and oxygen atoms in total. The maximum Gasteiger partial charge on any atom is 0.252 e. The second-order valence-corrected chi connectivity index (χ2v) is 10.8. The Kier molecular flexibility index (Phi) is 7.59. The van der Waals surface area contributed by atoms with E-state index in [1.165, 1.54) is 4.88 Å². The maximum absolute atomic E-state index is 13.3. The fourth-order valence-corrected chi connectivity index (χ4v) is 5.87. The van der Waals surface area contributed by atoms with Gasteiger partial charge in [0.05, 0.1) is 24.2 Å². The molecule has 1 saturated heterocycles. The minimum Gasteiger partial charge on any atom is -0.376 e. The number of aromatic nitrogens is 5. The fourth-order valence-electron chi connectivity index (χ4n) is 5.14. The van der Waals surface area contributed by atoms with Crippen LogP contribution in [0.3, 0.4) is 0 Å². The van der Waals surface area contributed by atoms with Gasteiger partial charge in [-0.2, -0.15) is 0 Å². The summed E-state index contributed by atoms with van der Waals surface area (Å²) < 4.78 is 7.78. The third kappa shape index (κ3) is 5.28. The van der Waals surface area contributed by atoms with Crippen molar-refractivity contribution in [1.82, 2.24) is 30.1 Å². The molecule has 0 spiro atoms. The lowest BCUT2D eigenvalue weighted by Gasteiger charge is -2.30. The highest BCUT2D eigenvalue weighted by Gasteiger charge is 2.28. The molecule has 1 fully saturated rings. The number of H-pyrrole nitrogens is 1. The van der Waals surface area contributed by atoms with Crippen molar-refractivity contribution in [2.75, 3.05) is 6.61 Å². The van der Waals surface area contributed by atoms with E-state index in [4.69, 9.17) is 4.74 Å². The van der Waals surface area contributed by atoms with Crippen LogP contribution in [0.4, 0.5) is 0 Å². The molecule has 2 unspecified atom stereocenters. The number of benzene rings is 1. The first-order valence-corrected chi connectivity index (χ1v) is 13.7. The zero-order chi connectivity index (χ0) is 25.1. The number of aryl methyl sites for hydroxylation is 2. The van der Waals surface area contributed by atoms with Gasteiger partial charge >= 0.3 is 0 Å². The van der Waals surface area contributed by atoms with Gasteiger partial charge in [0, 0.05) is 35.5 Å². The summed E-state index contributed by atoms with van der Waals surface area (Å²) in [6.07, 6.45) is 4.12. The first kappa shape index (κ1) is 24.8. The van der Waals surface area contributed by atoms with Crippen molar-refractivity contribution in [2.45, 2.75) is 78.2 Å². The predicted octanol–water partition coefficient (Wildman–Crippen LogP) is 4.92. The van der Waals surface area contributed by atoms with Crippen LogP contribution in [0, 0.1) is 13.8 Å². The molecule has 0 radical (unpaired) electrons. The molecule has 1 aromatic carbocycles. The highest BCUT2D eigenvalue weighted by Crippen LogP contribution is 2.30. The zero-order valence-electron chi connectivity index (χ0n) is 21.2. The lowest BCUT2D eigenvalue weighted by atomic mass is 10.0. The summed E-state index contributed by atoms with van der Waals surface area (Å²) in [6, 6.07) is 10.4. The van der Waals surface area contributed by atoms with Crippen molar-refractivity contribution in [3.05, 3.63) is 73.5 Å². The molecule has 0 bridgehead atoms. The van der Waals surface area contributed by atoms with Crippen LogP contribution in [0.15, 0.2) is 40.5 Å². The summed E-state index contributed by atoms with van der Waals surface area (Å²) >= 11 is 1.73. The molecule has 190 valence electrons. The number of hydrogen-bond acceptors (Lipinski definition) is 7. The second kappa shape index (κ2) is 11.0. The van der Waals surface area contributed by atoms with E-state index in [1.807, 2.05) is 11.6 Å². The Morgan fingerprint density at radius 3 is 2.86 bits per heavy atom. The largest absolute Gasteiger partial charge is 0.376 e. The van der Waals surface area contributed by atoms with E-state index in [2.05, 4.69) is 75.0 Å². The molecular weight excluding hydrogens is 472 g/mol. The SMILES string of the molecule is CCCC(c1nnnn1CC1CCCO1)N(Cc1cccs1)Cc1cc2c(C)ccc(C)c2[nH]c1=O. The molecule has 4 aromatic rings. The number of tetrazole rings is 1. The van der Waals surface area contributed by atoms with E-state index < -0.39 is 0 Å². The molecule has 4 heterocycles. The molecule has 1 aliphatic rings. The number of pyridine rings is 1. The highest BCUT2D eigenvalue weighted by molar-refractivity contribution is 7.09. The molecule has 3 aromatic heterocycles. The fraction of sp³-hybridized carbons (Fsp3) is 0.481. The van der Waals surface area contributed by atoms with Crippen LogP contribution in [0.1, 0.15) is 66.0 Å². The summed E-state index contributed by atoms with van der Waals surface area (Å²) in [7, 11) is 0. The minimum atomic E-state index is -0.0402. The third-order valence-electron chi connectivity index (χ3n) is 7.09. The van der Waals surface area contributed by atoms with Gasteiger partial charge in [0.1, 0.15) is 0 Å². The van der Waals surface area contributed by atoms with E-state index >= 15 is 0 Å². The molecule has 1 N–H and O–H groups in total. The third-order valence-corrected chi connectivity index (χ3v) is 7.96. The van der Waals surface area contributed by atoms with Gasteiger partial charge in [0.2, 0.25) is 0 Å². The van der Waals surface area contributed by atoms with Crippen LogP contribution in [-0.2, 0) is 24.4 Å². The van der Waals surface area contributed by atoms with Crippen molar-refractivity contribution in [3.8, 4) is 0 Å². The van der Waals surface area contributed by atoms with Gasteiger partial charge in [0.15, 0.2) is 5.82 Å². The Bertz CT molecular complexity index is 1360. The van der Waals surface area contributed by atoms with E-state index in [0.29, 0.717) is 13.1 Å². The van der Waals surface area contributed by atoms with Gasteiger partial charge in [-0.05, 0) is 72.2 Å². The van der Waals surface area contributed by atoms with Crippen LogP contribution in [0.2, 0.25) is 0 Å². The van der Waals surface area contributed by atoms with Crippen LogP contribution < -0.4 is 5.56 Å². The molecule has 0 amide bonds. The first-order chi connectivity index (χ1) is 17.5. The summed E-state index contributed by atoms with van der Waals surface area (Å²) in [4.78, 5) is 20.0. The highest BCUT2D eigenvalue weighted by atomic mass is 32.1. The van der Waals surface area contributed by atoms with E-state index in [0.717, 1.165) is 72.3 Å². The van der Waals surface area contributed by atoms with E-state index in [9.17, 15) is 4.79 Å². The van der Waals surface area contributed by atoms with Crippen molar-refractivity contribution in [2.24, 2.45) is 0 Å². The van der Waals surface area contributed by atoms with Crippen LogP contribution >= 0.6 is 11.3 Å². The van der Waals surface area contributed by atoms with Gasteiger partial charge in [-0.15, -0.1) is 16.4 Å². The Hall–Kier alpha value is -2.88. The summed E-state index contributed by atoms with van der Waals surface area (Å²) in [5, 5.41) is 16.1. The van der Waals surface area contributed by atoms with Crippen LogP contribution in [0.25, 0.3) is 10.9 Å². The molecule has 5 rings (SSSR count). The molecule has 0 aliphatic carbocycles. The van der Waals surface area contributed by atoms with Crippen molar-refractivity contribution < 1.29 is 4.74 Å². The molecular formula is C27H34N6O2S. The van der Waals surface area contributed by atoms with Crippen molar-refractivity contribution >= 4 is 22.2 Å². The monoisotopic (exact) mass is 506 g/mol. The quantitative estimate of drug-likeness (QED) is 0.329. The smallest absolute Gasteiger partial charge is 0.252 e. The molecule has 2 atom stereocenters. The summed E-state index contributed by atoms with van der Waals surface area (Å²) in [5.74, 6) is 0.841. The minimum absolute atomic E-state index is 0.0257. The average molecular weight is 507 g/mol. The standard InChI is InChI=1S/C27H34N6O2S/c1-4-7-24(26-29-30-31-33(26)16-21-8-5-12-35-21)32(17-22-9-6-13-36-22)15-20-14-23-18(2)10-11-19(3)25(23)28-27(20)34/h6,9-11,13-14,21,24H,4-5,7-8,12,15-17H2,1-3H3,(H,28,34). The second-order valence-electron chi connectivity index (χ2n) is 9.75. The van der Waals surface area contributed by atoms with Crippen LogP contribution in [-0.4, -0.2) is 42.8 Å². The summed E-state index contributed by atoms with van der Waals surface area (Å²) in [6.45, 7) is 8.99. The normalized spacial score (nSPS) is 16.8. The Morgan fingerprint density at radius 2 is 2.11 bits per heavy atom. The first-order valence-electron chi connectivity index (χ1n) is 12.8. The van der Waals surface area contributed by atoms with Gasteiger partial charge in [-0.25, -0.2) is 4.68 Å². The van der Waals surface area contributed by atoms with E-state index in [-0.39, 0.29) is 17.7 Å². The maximum atomic E-state index is 13.3. The average Bonchev–Trinajstić information content (AvgIpc) is 3.65. The van der Waals surface area contributed by atoms with Gasteiger partial charge < -0.3 is 9.72 Å². The molecule has 0 saturated carbocycles. The molecule has 9 heteroatoms. The number of nitrogens with one attached hydrogen (secondary N) is 1. The zero-order valence-corrected chi connectivity index (χ0v) is 22.1. The van der Waals surface area contributed by atoms with Gasteiger partial charge in [-0.3, -0.25) is 9.69 Å². The number of nitrogens with zero attached hydrogens (tertiary/aromatic N) is 5. The number of fused-ring (bicyclic) bond motifs is 1. The number of aromatic amines is 1. The van der Waals surface area contributed by atoms with Gasteiger partial charge in [-0.1, -0.05) is 31.5 Å². The van der Waals surface area contributed by atoms with E-state index in [1.54, 1.807) is 11.3 Å². The van der Waals surface area contributed by atoms with Crippen molar-refractivity contribution in [3.63, 3.8) is 0 Å². The lowest BCUT2D eigenvalue weighted by molar-refractivity contribution is 0.0885. The number of rotatable bonds is 10. The summed E-state index contributed by atoms with van der Waals surface area (Å²) in [5.41, 5.74) is 3.86.